The van der Waals surface area contributed by atoms with Crippen molar-refractivity contribution in [3.8, 4) is 0 Å². The van der Waals surface area contributed by atoms with Crippen molar-refractivity contribution in [1.82, 2.24) is 0 Å². The smallest absolute Gasteiger partial charge is 0.335 e. The van der Waals surface area contributed by atoms with Gasteiger partial charge in [0.25, 0.3) is 0 Å². The molecule has 0 radical (unpaired) electrons. The Bertz CT molecular complexity index is 456. The second kappa shape index (κ2) is 8.71. The lowest BCUT2D eigenvalue weighted by Crippen LogP contribution is -2.24. The van der Waals surface area contributed by atoms with Gasteiger partial charge in [-0.05, 0) is 44.4 Å². The minimum Gasteiger partial charge on any atom is -0.481 e. The first-order valence-corrected chi connectivity index (χ1v) is 8.28. The van der Waals surface area contributed by atoms with Crippen LogP contribution in [0.2, 0.25) is 0 Å². The number of rotatable bonds is 5. The predicted octanol–water partition coefficient (Wildman–Crippen LogP) is 3.69. The average molecular weight is 307 g/mol. The molecular formula is C17H25NO4. The SMILES string of the molecule is O=C(O)CC/C=C/CC1CCCCC2=NOC(=O)CC2CC1. The Labute approximate surface area is 131 Å². The zero-order chi connectivity index (χ0) is 15.8. The minimum atomic E-state index is -0.747. The van der Waals surface area contributed by atoms with Crippen LogP contribution in [-0.4, -0.2) is 22.8 Å². The summed E-state index contributed by atoms with van der Waals surface area (Å²) in [5, 5.41) is 12.6. The van der Waals surface area contributed by atoms with Crippen LogP contribution in [0.15, 0.2) is 17.3 Å². The number of aliphatic carboxylic acids is 1. The molecule has 0 spiro atoms. The van der Waals surface area contributed by atoms with Gasteiger partial charge < -0.3 is 9.94 Å². The van der Waals surface area contributed by atoms with Crippen LogP contribution in [0.25, 0.3) is 0 Å². The maximum atomic E-state index is 11.4. The number of hydrogen-bond acceptors (Lipinski definition) is 4. The molecule has 0 aromatic carbocycles. The third-order valence-electron chi connectivity index (χ3n) is 4.53. The van der Waals surface area contributed by atoms with Crippen LogP contribution in [-0.2, 0) is 14.4 Å². The van der Waals surface area contributed by atoms with Crippen molar-refractivity contribution in [1.29, 1.82) is 0 Å². The molecule has 1 N–H and O–H groups in total. The molecule has 2 atom stereocenters. The zero-order valence-electron chi connectivity index (χ0n) is 13.0. The molecule has 1 aliphatic carbocycles. The Morgan fingerprint density at radius 3 is 2.95 bits per heavy atom. The summed E-state index contributed by atoms with van der Waals surface area (Å²) in [5.74, 6) is -0.0718. The molecule has 1 heterocycles. The van der Waals surface area contributed by atoms with Gasteiger partial charge in [-0.25, -0.2) is 4.79 Å². The van der Waals surface area contributed by atoms with Crippen LogP contribution in [0.5, 0.6) is 0 Å². The maximum Gasteiger partial charge on any atom is 0.335 e. The first kappa shape index (κ1) is 16.7. The van der Waals surface area contributed by atoms with E-state index in [2.05, 4.69) is 11.2 Å². The third-order valence-corrected chi connectivity index (χ3v) is 4.53. The van der Waals surface area contributed by atoms with Crippen molar-refractivity contribution < 1.29 is 19.5 Å². The Balaban J connectivity index is 1.81. The van der Waals surface area contributed by atoms with Crippen LogP contribution >= 0.6 is 0 Å². The van der Waals surface area contributed by atoms with E-state index in [9.17, 15) is 9.59 Å². The van der Waals surface area contributed by atoms with Crippen molar-refractivity contribution in [2.45, 2.75) is 64.2 Å². The number of nitrogens with zero attached hydrogens (tertiary/aromatic N) is 1. The highest BCUT2D eigenvalue weighted by atomic mass is 16.7. The molecule has 2 aliphatic rings. The molecule has 22 heavy (non-hydrogen) atoms. The molecule has 1 saturated carbocycles. The number of oxime groups is 1. The Kier molecular flexibility index (Phi) is 6.62. The summed E-state index contributed by atoms with van der Waals surface area (Å²) in [6, 6.07) is 0. The number of carbonyl (C=O) groups excluding carboxylic acids is 1. The monoisotopic (exact) mass is 307 g/mol. The fourth-order valence-corrected chi connectivity index (χ4v) is 3.23. The van der Waals surface area contributed by atoms with E-state index in [0.29, 0.717) is 18.8 Å². The summed E-state index contributed by atoms with van der Waals surface area (Å²) < 4.78 is 0. The average Bonchev–Trinajstić information content (AvgIpc) is 2.57. The van der Waals surface area contributed by atoms with Gasteiger partial charge in [-0.2, -0.15) is 0 Å². The van der Waals surface area contributed by atoms with Crippen molar-refractivity contribution in [3.05, 3.63) is 12.2 Å². The molecule has 2 unspecified atom stereocenters. The molecule has 1 aliphatic heterocycles. The van der Waals surface area contributed by atoms with Crippen LogP contribution in [0.3, 0.4) is 0 Å². The molecule has 2 rings (SSSR count). The van der Waals surface area contributed by atoms with Crippen LogP contribution in [0, 0.1) is 11.8 Å². The highest BCUT2D eigenvalue weighted by Crippen LogP contribution is 2.30. The zero-order valence-corrected chi connectivity index (χ0v) is 13.0. The van der Waals surface area contributed by atoms with Crippen LogP contribution < -0.4 is 0 Å². The van der Waals surface area contributed by atoms with Gasteiger partial charge in [-0.15, -0.1) is 0 Å². The van der Waals surface area contributed by atoms with Gasteiger partial charge in [0.05, 0.1) is 12.1 Å². The minimum absolute atomic E-state index is 0.200. The lowest BCUT2D eigenvalue weighted by atomic mass is 9.87. The number of allylic oxidation sites excluding steroid dienone is 2. The van der Waals surface area contributed by atoms with Gasteiger partial charge in [0.2, 0.25) is 0 Å². The molecular weight excluding hydrogens is 282 g/mol. The normalized spacial score (nSPS) is 26.4. The number of fused-ring (bicyclic) bond motifs is 1. The predicted molar refractivity (Wildman–Crippen MR) is 83.5 cm³/mol. The standard InChI is InChI=1S/C17H25NO4/c19-16(20)9-3-1-2-6-13-7-4-5-8-15-14(11-10-13)12-17(21)22-18-15/h1-2,13-14H,3-12H2,(H,19,20)/b2-1+. The van der Waals surface area contributed by atoms with E-state index in [4.69, 9.17) is 9.94 Å². The van der Waals surface area contributed by atoms with E-state index < -0.39 is 5.97 Å². The van der Waals surface area contributed by atoms with Gasteiger partial charge in [0, 0.05) is 12.3 Å². The summed E-state index contributed by atoms with van der Waals surface area (Å²) in [6.07, 6.45) is 12.9. The molecule has 0 saturated heterocycles. The third kappa shape index (κ3) is 5.62. The van der Waals surface area contributed by atoms with Crippen molar-refractivity contribution >= 4 is 17.7 Å². The largest absolute Gasteiger partial charge is 0.481 e. The summed E-state index contributed by atoms with van der Waals surface area (Å²) >= 11 is 0. The Hall–Kier alpha value is -1.65. The van der Waals surface area contributed by atoms with E-state index in [-0.39, 0.29) is 18.3 Å². The maximum absolute atomic E-state index is 11.4. The van der Waals surface area contributed by atoms with E-state index in [0.717, 1.165) is 37.8 Å². The van der Waals surface area contributed by atoms with E-state index in [1.807, 2.05) is 6.08 Å². The number of carboxylic acids is 1. The molecule has 0 aromatic rings. The molecule has 0 aromatic heterocycles. The second-order valence-electron chi connectivity index (χ2n) is 6.28. The van der Waals surface area contributed by atoms with Gasteiger partial charge in [-0.1, -0.05) is 30.1 Å². The van der Waals surface area contributed by atoms with E-state index in [1.54, 1.807) is 0 Å². The van der Waals surface area contributed by atoms with Crippen LogP contribution in [0.1, 0.15) is 64.2 Å². The lowest BCUT2D eigenvalue weighted by molar-refractivity contribution is -0.145. The van der Waals surface area contributed by atoms with Crippen molar-refractivity contribution in [2.24, 2.45) is 17.0 Å². The first-order valence-electron chi connectivity index (χ1n) is 8.28. The highest BCUT2D eigenvalue weighted by molar-refractivity contribution is 5.92. The summed E-state index contributed by atoms with van der Waals surface area (Å²) in [4.78, 5) is 26.7. The molecule has 1 fully saturated rings. The first-order chi connectivity index (χ1) is 10.6. The second-order valence-corrected chi connectivity index (χ2v) is 6.28. The number of carbonyl (C=O) groups is 2. The Morgan fingerprint density at radius 1 is 1.27 bits per heavy atom. The number of hydrogen-bond donors (Lipinski definition) is 1. The molecule has 0 amide bonds. The van der Waals surface area contributed by atoms with Crippen LogP contribution in [0.4, 0.5) is 0 Å². The van der Waals surface area contributed by atoms with E-state index in [1.165, 1.54) is 12.8 Å². The molecule has 5 heteroatoms. The van der Waals surface area contributed by atoms with Crippen molar-refractivity contribution in [2.75, 3.05) is 0 Å². The van der Waals surface area contributed by atoms with Gasteiger partial charge in [0.15, 0.2) is 0 Å². The topological polar surface area (TPSA) is 76.0 Å². The highest BCUT2D eigenvalue weighted by Gasteiger charge is 2.27. The molecule has 5 nitrogen and oxygen atoms in total. The lowest BCUT2D eigenvalue weighted by Gasteiger charge is -2.21. The number of carboxylic acid groups (broad SMARTS) is 1. The van der Waals surface area contributed by atoms with Gasteiger partial charge in [-0.3, -0.25) is 4.79 Å². The van der Waals surface area contributed by atoms with Gasteiger partial charge >= 0.3 is 11.9 Å². The Morgan fingerprint density at radius 2 is 2.14 bits per heavy atom. The summed E-state index contributed by atoms with van der Waals surface area (Å²) in [6.45, 7) is 0. The van der Waals surface area contributed by atoms with Crippen molar-refractivity contribution in [3.63, 3.8) is 0 Å². The fraction of sp³-hybridized carbons (Fsp3) is 0.706. The van der Waals surface area contributed by atoms with Gasteiger partial charge in [0.1, 0.15) is 0 Å². The summed E-state index contributed by atoms with van der Waals surface area (Å²) in [7, 11) is 0. The quantitative estimate of drug-likeness (QED) is 0.621. The van der Waals surface area contributed by atoms with E-state index >= 15 is 0 Å². The molecule has 122 valence electrons. The molecule has 0 bridgehead atoms. The fourth-order valence-electron chi connectivity index (χ4n) is 3.23. The summed E-state index contributed by atoms with van der Waals surface area (Å²) in [5.41, 5.74) is 1.07.